The quantitative estimate of drug-likeness (QED) is 0.527. The number of aromatic nitrogens is 2. The van der Waals surface area contributed by atoms with Crippen LogP contribution in [-0.2, 0) is 6.18 Å². The number of amidine groups is 1. The fourth-order valence-corrected chi connectivity index (χ4v) is 1.80. The van der Waals surface area contributed by atoms with Crippen LogP contribution in [0.15, 0.2) is 35.6 Å². The predicted molar refractivity (Wildman–Crippen MR) is 75.6 cm³/mol. The maximum atomic E-state index is 12.8. The highest BCUT2D eigenvalue weighted by Crippen LogP contribution is 2.34. The van der Waals surface area contributed by atoms with Crippen molar-refractivity contribution < 1.29 is 13.2 Å². The van der Waals surface area contributed by atoms with Gasteiger partial charge in [-0.2, -0.15) is 18.3 Å². The maximum Gasteiger partial charge on any atom is 0.416 e. The summed E-state index contributed by atoms with van der Waals surface area (Å²) in [6.07, 6.45) is -1.68. The van der Waals surface area contributed by atoms with Crippen LogP contribution in [0.3, 0.4) is 0 Å². The first-order valence-corrected chi connectivity index (χ1v) is 6.53. The van der Waals surface area contributed by atoms with E-state index in [-0.39, 0.29) is 17.4 Å². The van der Waals surface area contributed by atoms with E-state index in [0.717, 1.165) is 12.1 Å². The highest BCUT2D eigenvalue weighted by molar-refractivity contribution is 6.30. The molecular weight excluding hydrogens is 328 g/mol. The Balaban J connectivity index is 2.59. The van der Waals surface area contributed by atoms with E-state index in [1.54, 1.807) is 0 Å². The van der Waals surface area contributed by atoms with E-state index in [2.05, 4.69) is 10.1 Å². The summed E-state index contributed by atoms with van der Waals surface area (Å²) >= 11 is 11.3. The Labute approximate surface area is 128 Å². The summed E-state index contributed by atoms with van der Waals surface area (Å²) in [4.78, 5) is 3.90. The Morgan fingerprint density at radius 2 is 2.10 bits per heavy atom. The molecule has 112 valence electrons. The summed E-state index contributed by atoms with van der Waals surface area (Å²) in [5.41, 5.74) is 4.97. The van der Waals surface area contributed by atoms with Crippen molar-refractivity contribution in [3.05, 3.63) is 41.2 Å². The predicted octanol–water partition coefficient (Wildman–Crippen LogP) is 3.77. The SMILES string of the molecule is NC(CCl)=Nc1cc(C(F)(F)F)ccc1-n1cc(Cl)cn1. The van der Waals surface area contributed by atoms with Crippen molar-refractivity contribution in [2.45, 2.75) is 6.18 Å². The number of aliphatic imine (C=N–C) groups is 1. The van der Waals surface area contributed by atoms with Gasteiger partial charge in [-0.25, -0.2) is 9.67 Å². The smallest absolute Gasteiger partial charge is 0.386 e. The minimum Gasteiger partial charge on any atom is -0.386 e. The molecule has 4 nitrogen and oxygen atoms in total. The maximum absolute atomic E-state index is 12.8. The van der Waals surface area contributed by atoms with Gasteiger partial charge in [0.1, 0.15) is 5.84 Å². The largest absolute Gasteiger partial charge is 0.416 e. The molecule has 2 aromatic rings. The fraction of sp³-hybridized carbons (Fsp3) is 0.167. The third kappa shape index (κ3) is 3.68. The Kier molecular flexibility index (Phi) is 4.43. The zero-order valence-corrected chi connectivity index (χ0v) is 11.9. The Morgan fingerprint density at radius 3 is 2.62 bits per heavy atom. The molecule has 0 unspecified atom stereocenters. The molecule has 21 heavy (non-hydrogen) atoms. The van der Waals surface area contributed by atoms with Gasteiger partial charge in [-0.15, -0.1) is 11.6 Å². The lowest BCUT2D eigenvalue weighted by molar-refractivity contribution is -0.137. The van der Waals surface area contributed by atoms with Gasteiger partial charge in [0.25, 0.3) is 0 Å². The monoisotopic (exact) mass is 336 g/mol. The van der Waals surface area contributed by atoms with Gasteiger partial charge < -0.3 is 5.73 Å². The van der Waals surface area contributed by atoms with E-state index in [9.17, 15) is 13.2 Å². The van der Waals surface area contributed by atoms with Crippen molar-refractivity contribution in [3.63, 3.8) is 0 Å². The average molecular weight is 337 g/mol. The van der Waals surface area contributed by atoms with Gasteiger partial charge in [-0.1, -0.05) is 11.6 Å². The lowest BCUT2D eigenvalue weighted by atomic mass is 10.1. The average Bonchev–Trinajstić information content (AvgIpc) is 2.84. The van der Waals surface area contributed by atoms with Crippen LogP contribution in [-0.4, -0.2) is 21.5 Å². The number of benzene rings is 1. The summed E-state index contributed by atoms with van der Waals surface area (Å²) in [7, 11) is 0. The molecule has 0 saturated carbocycles. The van der Waals surface area contributed by atoms with E-state index >= 15 is 0 Å². The summed E-state index contributed by atoms with van der Waals surface area (Å²) in [6, 6.07) is 3.05. The van der Waals surface area contributed by atoms with Gasteiger partial charge in [0, 0.05) is 6.20 Å². The lowest BCUT2D eigenvalue weighted by Gasteiger charge is -2.11. The van der Waals surface area contributed by atoms with Crippen LogP contribution in [0.5, 0.6) is 0 Å². The van der Waals surface area contributed by atoms with Crippen molar-refractivity contribution in [2.75, 3.05) is 5.88 Å². The van der Waals surface area contributed by atoms with Crippen LogP contribution >= 0.6 is 23.2 Å². The number of nitrogens with two attached hydrogens (primary N) is 1. The number of hydrogen-bond donors (Lipinski definition) is 1. The van der Waals surface area contributed by atoms with Crippen molar-refractivity contribution in [1.29, 1.82) is 0 Å². The molecule has 0 aliphatic heterocycles. The highest BCUT2D eigenvalue weighted by Gasteiger charge is 2.31. The summed E-state index contributed by atoms with van der Waals surface area (Å²) < 4.78 is 39.6. The van der Waals surface area contributed by atoms with Gasteiger partial charge in [-0.05, 0) is 18.2 Å². The van der Waals surface area contributed by atoms with Crippen molar-refractivity contribution in [3.8, 4) is 5.69 Å². The molecule has 1 aromatic carbocycles. The first-order valence-electron chi connectivity index (χ1n) is 5.62. The van der Waals surface area contributed by atoms with Gasteiger partial charge in [0.15, 0.2) is 0 Å². The third-order valence-corrected chi connectivity index (χ3v) is 2.97. The van der Waals surface area contributed by atoms with E-state index in [4.69, 9.17) is 28.9 Å². The number of hydrogen-bond acceptors (Lipinski definition) is 2. The van der Waals surface area contributed by atoms with E-state index in [1.165, 1.54) is 23.1 Å². The molecular formula is C12H9Cl2F3N4. The molecule has 0 saturated heterocycles. The molecule has 2 N–H and O–H groups in total. The Hall–Kier alpha value is -1.73. The van der Waals surface area contributed by atoms with E-state index in [0.29, 0.717) is 10.7 Å². The number of rotatable bonds is 3. The van der Waals surface area contributed by atoms with Crippen molar-refractivity contribution in [2.24, 2.45) is 10.7 Å². The van der Waals surface area contributed by atoms with Crippen molar-refractivity contribution in [1.82, 2.24) is 9.78 Å². The molecule has 2 rings (SSSR count). The van der Waals surface area contributed by atoms with Crippen LogP contribution in [0, 0.1) is 0 Å². The molecule has 0 atom stereocenters. The van der Waals surface area contributed by atoms with Gasteiger partial charge in [0.05, 0.1) is 34.0 Å². The Morgan fingerprint density at radius 1 is 1.38 bits per heavy atom. The molecule has 0 spiro atoms. The molecule has 0 aliphatic carbocycles. The standard InChI is InChI=1S/C12H9Cl2F3N4/c13-4-11(18)20-9-3-7(12(15,16)17)1-2-10(9)21-6-8(14)5-19-21/h1-3,5-6H,4H2,(H2,18,20). The Bertz CT molecular complexity index is 679. The first kappa shape index (κ1) is 15.7. The van der Waals surface area contributed by atoms with Gasteiger partial charge >= 0.3 is 6.18 Å². The lowest BCUT2D eigenvalue weighted by Crippen LogP contribution is -2.13. The fourth-order valence-electron chi connectivity index (χ4n) is 1.60. The van der Waals surface area contributed by atoms with Crippen molar-refractivity contribution >= 4 is 34.7 Å². The summed E-state index contributed by atoms with van der Waals surface area (Å²) in [6.45, 7) is 0. The van der Waals surface area contributed by atoms with Crippen LogP contribution in [0.4, 0.5) is 18.9 Å². The minimum atomic E-state index is -4.49. The van der Waals surface area contributed by atoms with Gasteiger partial charge in [-0.3, -0.25) is 0 Å². The van der Waals surface area contributed by atoms with Crippen LogP contribution in [0.2, 0.25) is 5.02 Å². The van der Waals surface area contributed by atoms with Gasteiger partial charge in [0.2, 0.25) is 0 Å². The summed E-state index contributed by atoms with van der Waals surface area (Å²) in [5, 5.41) is 4.27. The third-order valence-electron chi connectivity index (χ3n) is 2.50. The zero-order valence-electron chi connectivity index (χ0n) is 10.4. The second-order valence-electron chi connectivity index (χ2n) is 4.04. The second kappa shape index (κ2) is 5.95. The number of nitrogens with zero attached hydrogens (tertiary/aromatic N) is 3. The topological polar surface area (TPSA) is 56.2 Å². The van der Waals surface area contributed by atoms with Crippen LogP contribution in [0.1, 0.15) is 5.56 Å². The highest BCUT2D eigenvalue weighted by atomic mass is 35.5. The molecule has 0 amide bonds. The first-order chi connectivity index (χ1) is 9.81. The molecule has 0 aliphatic rings. The van der Waals surface area contributed by atoms with Crippen LogP contribution < -0.4 is 5.73 Å². The molecule has 1 aromatic heterocycles. The normalized spacial score (nSPS) is 12.7. The molecule has 0 fully saturated rings. The molecule has 1 heterocycles. The molecule has 0 radical (unpaired) electrons. The minimum absolute atomic E-state index is 0.00254. The van der Waals surface area contributed by atoms with Crippen LogP contribution in [0.25, 0.3) is 5.69 Å². The molecule has 9 heteroatoms. The summed E-state index contributed by atoms with van der Waals surface area (Å²) in [5.74, 6) is -0.106. The molecule has 0 bridgehead atoms. The van der Waals surface area contributed by atoms with E-state index in [1.807, 2.05) is 0 Å². The number of halogens is 5. The zero-order chi connectivity index (χ0) is 15.6. The second-order valence-corrected chi connectivity index (χ2v) is 4.74. The van der Waals surface area contributed by atoms with E-state index < -0.39 is 11.7 Å². The number of alkyl halides is 4.